The van der Waals surface area contributed by atoms with Crippen LogP contribution >= 0.6 is 0 Å². The molecule has 4 aromatic carbocycles. The van der Waals surface area contributed by atoms with E-state index in [2.05, 4.69) is 0 Å². The van der Waals surface area contributed by atoms with Gasteiger partial charge >= 0.3 is 0 Å². The molecule has 224 valence electrons. The molecular formula is C30H26O13. The third-order valence-electron chi connectivity index (χ3n) is 7.55. The van der Waals surface area contributed by atoms with Gasteiger partial charge in [0, 0.05) is 41.8 Å². The molecule has 0 bridgehead atoms. The molecule has 4 aromatic rings. The molecule has 0 amide bonds. The standard InChI is InChI=1S/C30H26O13/c31-14-7-19(35)16-11-25(28(41-23(16)9-14)12-1-3-17(33)20(36)5-12)43-30(13-2-4-18(34)21(37)6-13)29(40)27(39)26-22(38)8-15(32)10-24(26)42-30/h1-10,25,27-29,31-40H,11H2/t25-,27-,28+,29-,30-/m1/s1. The Morgan fingerprint density at radius 1 is 0.651 bits per heavy atom. The molecule has 0 unspecified atom stereocenters. The molecule has 2 aliphatic heterocycles. The zero-order valence-corrected chi connectivity index (χ0v) is 22.0. The Bertz CT molecular complexity index is 1740. The number of fused-ring (bicyclic) bond motifs is 2. The van der Waals surface area contributed by atoms with Crippen molar-refractivity contribution in [3.8, 4) is 57.5 Å². The summed E-state index contributed by atoms with van der Waals surface area (Å²) in [6.07, 6.45) is -6.47. The minimum absolute atomic E-state index is 0.0663. The third-order valence-corrected chi connectivity index (χ3v) is 7.55. The summed E-state index contributed by atoms with van der Waals surface area (Å²) in [5.74, 6) is -6.38. The number of hydrogen-bond donors (Lipinski definition) is 10. The van der Waals surface area contributed by atoms with Crippen LogP contribution in [-0.4, -0.2) is 63.3 Å². The maximum Gasteiger partial charge on any atom is 0.267 e. The van der Waals surface area contributed by atoms with E-state index in [1.54, 1.807) is 0 Å². The molecule has 0 radical (unpaired) electrons. The first-order chi connectivity index (χ1) is 20.4. The summed E-state index contributed by atoms with van der Waals surface area (Å²) >= 11 is 0. The Balaban J connectivity index is 1.54. The average Bonchev–Trinajstić information content (AvgIpc) is 2.94. The Hall–Kier alpha value is -5.24. The van der Waals surface area contributed by atoms with E-state index in [1.165, 1.54) is 30.3 Å². The molecular weight excluding hydrogens is 568 g/mol. The summed E-state index contributed by atoms with van der Waals surface area (Å²) in [4.78, 5) is 0. The van der Waals surface area contributed by atoms with Gasteiger partial charge in [-0.25, -0.2) is 0 Å². The fourth-order valence-corrected chi connectivity index (χ4v) is 5.48. The highest BCUT2D eigenvalue weighted by Gasteiger charge is 2.56. The lowest BCUT2D eigenvalue weighted by molar-refractivity contribution is -0.307. The Labute approximate surface area is 242 Å². The second kappa shape index (κ2) is 9.94. The summed E-state index contributed by atoms with van der Waals surface area (Å²) in [7, 11) is 0. The smallest absolute Gasteiger partial charge is 0.267 e. The molecule has 43 heavy (non-hydrogen) atoms. The first kappa shape index (κ1) is 27.9. The lowest BCUT2D eigenvalue weighted by Crippen LogP contribution is -2.55. The minimum atomic E-state index is -2.42. The Kier molecular flexibility index (Phi) is 6.45. The number of benzene rings is 4. The number of phenolic OH excluding ortho intramolecular Hbond substituents is 8. The van der Waals surface area contributed by atoms with E-state index in [0.29, 0.717) is 0 Å². The van der Waals surface area contributed by atoms with Crippen molar-refractivity contribution in [2.45, 2.75) is 36.6 Å². The number of hydrogen-bond acceptors (Lipinski definition) is 13. The van der Waals surface area contributed by atoms with E-state index in [0.717, 1.165) is 30.3 Å². The van der Waals surface area contributed by atoms with Gasteiger partial charge < -0.3 is 65.3 Å². The van der Waals surface area contributed by atoms with E-state index >= 15 is 0 Å². The van der Waals surface area contributed by atoms with E-state index < -0.39 is 64.7 Å². The minimum Gasteiger partial charge on any atom is -0.508 e. The lowest BCUT2D eigenvalue weighted by atomic mass is 9.87. The van der Waals surface area contributed by atoms with Crippen molar-refractivity contribution in [1.29, 1.82) is 0 Å². The number of ether oxygens (including phenoxy) is 3. The first-order valence-corrected chi connectivity index (χ1v) is 12.9. The monoisotopic (exact) mass is 594 g/mol. The normalized spacial score (nSPS) is 24.3. The third kappa shape index (κ3) is 4.55. The highest BCUT2D eigenvalue weighted by atomic mass is 16.7. The fraction of sp³-hybridized carbons (Fsp3) is 0.200. The summed E-state index contributed by atoms with van der Waals surface area (Å²) in [5.41, 5.74) is 0.0630. The topological polar surface area (TPSA) is 230 Å². The van der Waals surface area contributed by atoms with Gasteiger partial charge in [0.15, 0.2) is 35.2 Å². The van der Waals surface area contributed by atoms with Gasteiger partial charge in [-0.3, -0.25) is 0 Å². The maximum absolute atomic E-state index is 11.6. The first-order valence-electron chi connectivity index (χ1n) is 12.9. The number of aliphatic hydroxyl groups excluding tert-OH is 2. The predicted molar refractivity (Wildman–Crippen MR) is 144 cm³/mol. The second-order valence-electron chi connectivity index (χ2n) is 10.3. The summed E-state index contributed by atoms with van der Waals surface area (Å²) in [6, 6.07) is 11.5. The lowest BCUT2D eigenvalue weighted by Gasteiger charge is -2.47. The van der Waals surface area contributed by atoms with Gasteiger partial charge in [0.2, 0.25) is 0 Å². The van der Waals surface area contributed by atoms with Gasteiger partial charge in [-0.1, -0.05) is 6.07 Å². The van der Waals surface area contributed by atoms with Crippen LogP contribution in [-0.2, 0) is 16.9 Å². The molecule has 0 aromatic heterocycles. The Morgan fingerprint density at radius 3 is 1.95 bits per heavy atom. The molecule has 0 saturated heterocycles. The molecule has 0 aliphatic carbocycles. The van der Waals surface area contributed by atoms with E-state index in [9.17, 15) is 51.1 Å². The zero-order valence-electron chi connectivity index (χ0n) is 22.0. The van der Waals surface area contributed by atoms with Crippen LogP contribution in [0, 0.1) is 0 Å². The quantitative estimate of drug-likeness (QED) is 0.153. The van der Waals surface area contributed by atoms with Crippen LogP contribution in [0.4, 0.5) is 0 Å². The van der Waals surface area contributed by atoms with Crippen molar-refractivity contribution >= 4 is 0 Å². The average molecular weight is 595 g/mol. The SMILES string of the molecule is Oc1cc(O)c2c(c1)O[C@@H](c1ccc(O)c(O)c1)[C@H](O[C@@]1(c3ccc(O)c(O)c3)Oc3cc(O)cc(O)c3[C@@H](O)[C@H]1O)C2. The molecule has 0 fully saturated rings. The number of phenols is 8. The number of rotatable bonds is 4. The molecule has 13 nitrogen and oxygen atoms in total. The molecule has 5 atom stereocenters. The van der Waals surface area contributed by atoms with Crippen LogP contribution in [0.5, 0.6) is 57.5 Å². The zero-order chi connectivity index (χ0) is 30.8. The van der Waals surface area contributed by atoms with E-state index in [1.807, 2.05) is 0 Å². The van der Waals surface area contributed by atoms with Gasteiger partial charge in [0.05, 0.1) is 5.56 Å². The van der Waals surface area contributed by atoms with E-state index in [4.69, 9.17) is 14.2 Å². The highest BCUT2D eigenvalue weighted by Crippen LogP contribution is 2.53. The van der Waals surface area contributed by atoms with Gasteiger partial charge in [-0.15, -0.1) is 0 Å². The molecule has 2 heterocycles. The maximum atomic E-state index is 11.6. The van der Waals surface area contributed by atoms with Gasteiger partial charge in [-0.05, 0) is 35.9 Å². The predicted octanol–water partition coefficient (Wildman–Crippen LogP) is 2.73. The van der Waals surface area contributed by atoms with Crippen LogP contribution in [0.3, 0.4) is 0 Å². The van der Waals surface area contributed by atoms with Crippen molar-refractivity contribution in [2.75, 3.05) is 0 Å². The second-order valence-corrected chi connectivity index (χ2v) is 10.3. The summed E-state index contributed by atoms with van der Waals surface area (Å²) in [5, 5.41) is 104. The van der Waals surface area contributed by atoms with Crippen molar-refractivity contribution < 1.29 is 65.3 Å². The van der Waals surface area contributed by atoms with Crippen LogP contribution in [0.1, 0.15) is 34.5 Å². The summed E-state index contributed by atoms with van der Waals surface area (Å²) < 4.78 is 18.7. The van der Waals surface area contributed by atoms with Gasteiger partial charge in [0.25, 0.3) is 5.79 Å². The van der Waals surface area contributed by atoms with Gasteiger partial charge in [-0.2, -0.15) is 0 Å². The number of aromatic hydroxyl groups is 8. The summed E-state index contributed by atoms with van der Waals surface area (Å²) in [6.45, 7) is 0. The fourth-order valence-electron chi connectivity index (χ4n) is 5.48. The van der Waals surface area contributed by atoms with Crippen LogP contribution in [0.25, 0.3) is 0 Å². The molecule has 10 N–H and O–H groups in total. The molecule has 0 spiro atoms. The molecule has 13 heteroatoms. The largest absolute Gasteiger partial charge is 0.508 e. The van der Waals surface area contributed by atoms with Crippen molar-refractivity contribution in [3.05, 3.63) is 82.9 Å². The Morgan fingerprint density at radius 2 is 1.28 bits per heavy atom. The number of aliphatic hydroxyl groups is 2. The van der Waals surface area contributed by atoms with Gasteiger partial charge in [0.1, 0.15) is 46.7 Å². The van der Waals surface area contributed by atoms with Crippen molar-refractivity contribution in [3.63, 3.8) is 0 Å². The molecule has 2 aliphatic rings. The van der Waals surface area contributed by atoms with Crippen LogP contribution in [0.2, 0.25) is 0 Å². The van der Waals surface area contributed by atoms with Crippen molar-refractivity contribution in [1.82, 2.24) is 0 Å². The van der Waals surface area contributed by atoms with Crippen molar-refractivity contribution in [2.24, 2.45) is 0 Å². The molecule has 6 rings (SSSR count). The highest BCUT2D eigenvalue weighted by molar-refractivity contribution is 5.55. The molecule has 0 saturated carbocycles. The van der Waals surface area contributed by atoms with Crippen LogP contribution in [0.15, 0.2) is 60.7 Å². The van der Waals surface area contributed by atoms with Crippen LogP contribution < -0.4 is 9.47 Å². The van der Waals surface area contributed by atoms with E-state index in [-0.39, 0.29) is 51.7 Å².